The average molecular weight is 155 g/mol. The third-order valence-corrected chi connectivity index (χ3v) is 1.41. The number of nitrogens with zero attached hydrogens (tertiary/aromatic N) is 1. The van der Waals surface area contributed by atoms with Crippen molar-refractivity contribution in [2.24, 2.45) is 0 Å². The number of rotatable bonds is 2. The van der Waals surface area contributed by atoms with Crippen molar-refractivity contribution < 1.29 is 4.39 Å². The topological polar surface area (TPSA) is 22.0 Å². The van der Waals surface area contributed by atoms with Crippen molar-refractivity contribution in [1.82, 2.24) is 4.57 Å². The third-order valence-electron chi connectivity index (χ3n) is 1.41. The minimum absolute atomic E-state index is 0.145. The van der Waals surface area contributed by atoms with Crippen LogP contribution in [-0.2, 0) is 6.54 Å². The second kappa shape index (κ2) is 3.32. The summed E-state index contributed by atoms with van der Waals surface area (Å²) in [7, 11) is 0. The summed E-state index contributed by atoms with van der Waals surface area (Å²) in [5, 5.41) is 0. The number of hydrogen-bond acceptors (Lipinski definition) is 1. The van der Waals surface area contributed by atoms with Crippen LogP contribution in [0.2, 0.25) is 0 Å². The number of aromatic nitrogens is 1. The highest BCUT2D eigenvalue weighted by molar-refractivity contribution is 4.96. The molecule has 0 atom stereocenters. The molecule has 0 aliphatic carbocycles. The Labute approximate surface area is 64.3 Å². The minimum Gasteiger partial charge on any atom is -0.313 e. The Bertz CT molecular complexity index is 292. The van der Waals surface area contributed by atoms with E-state index in [-0.39, 0.29) is 11.4 Å². The monoisotopic (exact) mass is 155 g/mol. The SMILES string of the molecule is CCCn1cc(F)ccc1=O. The maximum absolute atomic E-state index is 12.5. The van der Waals surface area contributed by atoms with Crippen LogP contribution < -0.4 is 5.56 Å². The molecule has 1 rings (SSSR count). The molecular weight excluding hydrogens is 145 g/mol. The second-order valence-electron chi connectivity index (χ2n) is 2.38. The first-order valence-electron chi connectivity index (χ1n) is 3.60. The molecule has 2 nitrogen and oxygen atoms in total. The summed E-state index contributed by atoms with van der Waals surface area (Å²) in [6.07, 6.45) is 2.06. The number of hydrogen-bond donors (Lipinski definition) is 0. The summed E-state index contributed by atoms with van der Waals surface area (Å²) >= 11 is 0. The van der Waals surface area contributed by atoms with E-state index in [0.29, 0.717) is 6.54 Å². The van der Waals surface area contributed by atoms with Gasteiger partial charge in [0.1, 0.15) is 5.82 Å². The van der Waals surface area contributed by atoms with Gasteiger partial charge in [0.2, 0.25) is 0 Å². The van der Waals surface area contributed by atoms with E-state index in [9.17, 15) is 9.18 Å². The summed E-state index contributed by atoms with van der Waals surface area (Å²) in [6, 6.07) is 2.42. The van der Waals surface area contributed by atoms with E-state index in [1.54, 1.807) is 0 Å². The van der Waals surface area contributed by atoms with Crippen molar-refractivity contribution in [3.63, 3.8) is 0 Å². The molecule has 1 aromatic heterocycles. The van der Waals surface area contributed by atoms with Crippen molar-refractivity contribution in [3.8, 4) is 0 Å². The average Bonchev–Trinajstić information content (AvgIpc) is 1.98. The highest BCUT2D eigenvalue weighted by Crippen LogP contribution is 1.92. The summed E-state index contributed by atoms with van der Waals surface area (Å²) in [5.74, 6) is -0.363. The van der Waals surface area contributed by atoms with Gasteiger partial charge in [-0.1, -0.05) is 6.92 Å². The molecule has 0 unspecified atom stereocenters. The van der Waals surface area contributed by atoms with Crippen molar-refractivity contribution in [1.29, 1.82) is 0 Å². The van der Waals surface area contributed by atoms with Gasteiger partial charge in [-0.3, -0.25) is 4.79 Å². The molecule has 60 valence electrons. The summed E-state index contributed by atoms with van der Waals surface area (Å²) in [6.45, 7) is 2.52. The van der Waals surface area contributed by atoms with Crippen molar-refractivity contribution in [3.05, 3.63) is 34.5 Å². The Balaban J connectivity index is 3.03. The van der Waals surface area contributed by atoms with Gasteiger partial charge in [0.05, 0.1) is 0 Å². The van der Waals surface area contributed by atoms with Gasteiger partial charge >= 0.3 is 0 Å². The lowest BCUT2D eigenvalue weighted by atomic mass is 10.4. The van der Waals surface area contributed by atoms with Crippen LogP contribution in [-0.4, -0.2) is 4.57 Å². The second-order valence-corrected chi connectivity index (χ2v) is 2.38. The zero-order chi connectivity index (χ0) is 8.27. The fraction of sp³-hybridized carbons (Fsp3) is 0.375. The van der Waals surface area contributed by atoms with Gasteiger partial charge < -0.3 is 4.57 Å². The van der Waals surface area contributed by atoms with Crippen molar-refractivity contribution >= 4 is 0 Å². The van der Waals surface area contributed by atoms with E-state index >= 15 is 0 Å². The molecule has 1 heterocycles. The van der Waals surface area contributed by atoms with E-state index < -0.39 is 0 Å². The van der Waals surface area contributed by atoms with Crippen LogP contribution in [0.15, 0.2) is 23.1 Å². The van der Waals surface area contributed by atoms with Gasteiger partial charge in [0, 0.05) is 18.8 Å². The molecule has 1 aromatic rings. The Morgan fingerprint density at radius 1 is 1.55 bits per heavy atom. The van der Waals surface area contributed by atoms with E-state index in [1.807, 2.05) is 6.92 Å². The third kappa shape index (κ3) is 1.90. The van der Waals surface area contributed by atoms with Crippen LogP contribution in [0.1, 0.15) is 13.3 Å². The number of aryl methyl sites for hydroxylation is 1. The molecule has 0 amide bonds. The quantitative estimate of drug-likeness (QED) is 0.632. The molecule has 0 aliphatic heterocycles. The van der Waals surface area contributed by atoms with E-state index in [0.717, 1.165) is 6.42 Å². The maximum atomic E-state index is 12.5. The predicted octanol–water partition coefficient (Wildman–Crippen LogP) is 1.40. The fourth-order valence-electron chi connectivity index (χ4n) is 0.918. The van der Waals surface area contributed by atoms with Crippen LogP contribution in [0.5, 0.6) is 0 Å². The molecule has 0 saturated carbocycles. The smallest absolute Gasteiger partial charge is 0.250 e. The van der Waals surface area contributed by atoms with Crippen LogP contribution in [0.3, 0.4) is 0 Å². The van der Waals surface area contributed by atoms with Crippen LogP contribution >= 0.6 is 0 Å². The zero-order valence-electron chi connectivity index (χ0n) is 6.38. The minimum atomic E-state index is -0.363. The predicted molar refractivity (Wildman–Crippen MR) is 41.0 cm³/mol. The van der Waals surface area contributed by atoms with E-state index in [4.69, 9.17) is 0 Å². The molecule has 0 spiro atoms. The maximum Gasteiger partial charge on any atom is 0.250 e. The zero-order valence-corrected chi connectivity index (χ0v) is 6.38. The van der Waals surface area contributed by atoms with Crippen LogP contribution in [0, 0.1) is 5.82 Å². The normalized spacial score (nSPS) is 10.0. The first-order chi connectivity index (χ1) is 5.24. The summed E-state index contributed by atoms with van der Waals surface area (Å²) in [4.78, 5) is 11.0. The number of pyridine rings is 1. The van der Waals surface area contributed by atoms with Gasteiger partial charge in [-0.05, 0) is 12.5 Å². The first-order valence-corrected chi connectivity index (χ1v) is 3.60. The lowest BCUT2D eigenvalue weighted by molar-refractivity contribution is 0.575. The molecule has 0 radical (unpaired) electrons. The standard InChI is InChI=1S/C8H10FNO/c1-2-5-10-6-7(9)3-4-8(10)11/h3-4,6H,2,5H2,1H3. The molecule has 11 heavy (non-hydrogen) atoms. The Morgan fingerprint density at radius 3 is 2.91 bits per heavy atom. The highest BCUT2D eigenvalue weighted by atomic mass is 19.1. The lowest BCUT2D eigenvalue weighted by Gasteiger charge is -2.00. The van der Waals surface area contributed by atoms with Gasteiger partial charge in [0.15, 0.2) is 0 Å². The van der Waals surface area contributed by atoms with E-state index in [2.05, 4.69) is 0 Å². The Hall–Kier alpha value is -1.12. The van der Waals surface area contributed by atoms with Crippen LogP contribution in [0.4, 0.5) is 4.39 Å². The summed E-state index contributed by atoms with van der Waals surface area (Å²) < 4.78 is 13.9. The first kappa shape index (κ1) is 7.98. The fourth-order valence-corrected chi connectivity index (χ4v) is 0.918. The molecule has 0 aliphatic rings. The molecule has 3 heteroatoms. The van der Waals surface area contributed by atoms with Crippen LogP contribution in [0.25, 0.3) is 0 Å². The largest absolute Gasteiger partial charge is 0.313 e. The number of halogens is 1. The Morgan fingerprint density at radius 2 is 2.27 bits per heavy atom. The molecule has 0 N–H and O–H groups in total. The van der Waals surface area contributed by atoms with E-state index in [1.165, 1.54) is 22.9 Å². The Kier molecular flexibility index (Phi) is 2.41. The highest BCUT2D eigenvalue weighted by Gasteiger charge is 1.94. The lowest BCUT2D eigenvalue weighted by Crippen LogP contribution is -2.18. The van der Waals surface area contributed by atoms with Gasteiger partial charge in [-0.25, -0.2) is 4.39 Å². The molecule has 0 saturated heterocycles. The van der Waals surface area contributed by atoms with Gasteiger partial charge in [-0.2, -0.15) is 0 Å². The van der Waals surface area contributed by atoms with Gasteiger partial charge in [-0.15, -0.1) is 0 Å². The molecular formula is C8H10FNO. The van der Waals surface area contributed by atoms with Gasteiger partial charge in [0.25, 0.3) is 5.56 Å². The van der Waals surface area contributed by atoms with Crippen molar-refractivity contribution in [2.45, 2.75) is 19.9 Å². The summed E-state index contributed by atoms with van der Waals surface area (Å²) in [5.41, 5.74) is -0.145. The molecule has 0 bridgehead atoms. The molecule has 0 aromatic carbocycles. The molecule has 0 fully saturated rings. The van der Waals surface area contributed by atoms with Crippen molar-refractivity contribution in [2.75, 3.05) is 0 Å².